The Balaban J connectivity index is 1.54. The molecule has 1 aromatic carbocycles. The number of hydrogen-bond acceptors (Lipinski definition) is 7. The number of rotatable bonds is 6. The summed E-state index contributed by atoms with van der Waals surface area (Å²) >= 11 is 0. The van der Waals surface area contributed by atoms with Gasteiger partial charge in [-0.1, -0.05) is 23.4 Å². The lowest BCUT2D eigenvalue weighted by Crippen LogP contribution is -2.19. The highest BCUT2D eigenvalue weighted by molar-refractivity contribution is 7.90. The van der Waals surface area contributed by atoms with E-state index in [1.54, 1.807) is 30.5 Å². The smallest absolute Gasteiger partial charge is 0.258 e. The van der Waals surface area contributed by atoms with Crippen LogP contribution in [0.2, 0.25) is 0 Å². The van der Waals surface area contributed by atoms with Crippen molar-refractivity contribution in [2.75, 3.05) is 0 Å². The summed E-state index contributed by atoms with van der Waals surface area (Å²) in [6.45, 7) is 3.29. The molecule has 3 heterocycles. The van der Waals surface area contributed by atoms with E-state index in [2.05, 4.69) is 15.1 Å². The third-order valence-electron chi connectivity index (χ3n) is 4.86. The fourth-order valence-electron chi connectivity index (χ4n) is 3.11. The van der Waals surface area contributed by atoms with Gasteiger partial charge in [-0.15, -0.1) is 0 Å². The van der Waals surface area contributed by atoms with Crippen molar-refractivity contribution in [3.8, 4) is 0 Å². The molecule has 0 aliphatic carbocycles. The Kier molecular flexibility index (Phi) is 5.40. The number of aromatic nitrogens is 4. The maximum absolute atomic E-state index is 13.0. The summed E-state index contributed by atoms with van der Waals surface area (Å²) in [5.41, 5.74) is 1.81. The van der Waals surface area contributed by atoms with Crippen LogP contribution in [-0.4, -0.2) is 27.9 Å². The maximum Gasteiger partial charge on any atom is 0.258 e. The van der Waals surface area contributed by atoms with E-state index in [1.807, 2.05) is 6.92 Å². The highest BCUT2D eigenvalue weighted by atomic mass is 32.2. The summed E-state index contributed by atoms with van der Waals surface area (Å²) < 4.78 is 45.3. The molecule has 0 bridgehead atoms. The molecule has 0 radical (unpaired) electrons. The van der Waals surface area contributed by atoms with Crippen molar-refractivity contribution in [1.82, 2.24) is 19.5 Å². The molecule has 3 aromatic heterocycles. The van der Waals surface area contributed by atoms with Crippen LogP contribution in [0.3, 0.4) is 0 Å². The SMILES string of the molecule is Cc1ccc2nc(CS(=O)(=O)C(C)c3nc(Cc4ccc(F)cc4)no3)cc(=O)n2c1. The molecule has 0 saturated carbocycles. The van der Waals surface area contributed by atoms with Crippen LogP contribution in [0.15, 0.2) is 58.0 Å². The highest BCUT2D eigenvalue weighted by Crippen LogP contribution is 2.24. The zero-order chi connectivity index (χ0) is 22.2. The van der Waals surface area contributed by atoms with Crippen LogP contribution in [-0.2, 0) is 22.0 Å². The first-order valence-corrected chi connectivity index (χ1v) is 11.2. The van der Waals surface area contributed by atoms with E-state index in [0.29, 0.717) is 11.5 Å². The van der Waals surface area contributed by atoms with Crippen LogP contribution in [0, 0.1) is 12.7 Å². The quantitative estimate of drug-likeness (QED) is 0.452. The van der Waals surface area contributed by atoms with E-state index in [-0.39, 0.29) is 29.4 Å². The van der Waals surface area contributed by atoms with Crippen molar-refractivity contribution < 1.29 is 17.3 Å². The molecule has 4 aromatic rings. The van der Waals surface area contributed by atoms with E-state index in [9.17, 15) is 17.6 Å². The van der Waals surface area contributed by atoms with Gasteiger partial charge in [-0.25, -0.2) is 17.8 Å². The minimum Gasteiger partial charge on any atom is -0.338 e. The third kappa shape index (κ3) is 4.53. The van der Waals surface area contributed by atoms with Crippen molar-refractivity contribution in [3.63, 3.8) is 0 Å². The van der Waals surface area contributed by atoms with Gasteiger partial charge < -0.3 is 4.52 Å². The fourth-order valence-corrected chi connectivity index (χ4v) is 4.32. The van der Waals surface area contributed by atoms with Crippen LogP contribution in [0.5, 0.6) is 0 Å². The lowest BCUT2D eigenvalue weighted by molar-refractivity contribution is 0.372. The summed E-state index contributed by atoms with van der Waals surface area (Å²) in [6, 6.07) is 10.5. The Morgan fingerprint density at radius 3 is 2.61 bits per heavy atom. The highest BCUT2D eigenvalue weighted by Gasteiger charge is 2.29. The van der Waals surface area contributed by atoms with Crippen molar-refractivity contribution in [3.05, 3.63) is 93.4 Å². The van der Waals surface area contributed by atoms with E-state index >= 15 is 0 Å². The number of fused-ring (bicyclic) bond motifs is 1. The summed E-state index contributed by atoms with van der Waals surface area (Å²) in [5.74, 6) is -0.551. The van der Waals surface area contributed by atoms with Gasteiger partial charge >= 0.3 is 0 Å². The van der Waals surface area contributed by atoms with Gasteiger partial charge in [0.2, 0.25) is 5.89 Å². The monoisotopic (exact) mass is 442 g/mol. The minimum atomic E-state index is -3.78. The number of nitrogens with zero attached hydrogens (tertiary/aromatic N) is 4. The first-order chi connectivity index (χ1) is 14.7. The molecule has 1 atom stereocenters. The Labute approximate surface area is 177 Å². The molecule has 0 saturated heterocycles. The Hall–Kier alpha value is -3.40. The first-order valence-electron chi connectivity index (χ1n) is 9.49. The predicted octanol–water partition coefficient (Wildman–Crippen LogP) is 2.79. The Morgan fingerprint density at radius 2 is 1.87 bits per heavy atom. The number of aryl methyl sites for hydroxylation is 1. The molecule has 10 heteroatoms. The van der Waals surface area contributed by atoms with Gasteiger partial charge in [0.1, 0.15) is 16.7 Å². The second-order valence-electron chi connectivity index (χ2n) is 7.32. The molecule has 160 valence electrons. The van der Waals surface area contributed by atoms with E-state index in [1.165, 1.54) is 29.5 Å². The van der Waals surface area contributed by atoms with Crippen molar-refractivity contribution in [1.29, 1.82) is 0 Å². The van der Waals surface area contributed by atoms with Gasteiger partial charge in [0, 0.05) is 18.7 Å². The predicted molar refractivity (Wildman–Crippen MR) is 111 cm³/mol. The van der Waals surface area contributed by atoms with Gasteiger partial charge in [-0.2, -0.15) is 4.98 Å². The number of benzene rings is 1. The van der Waals surface area contributed by atoms with Crippen LogP contribution >= 0.6 is 0 Å². The van der Waals surface area contributed by atoms with E-state index in [0.717, 1.165) is 11.1 Å². The molecular formula is C21H19FN4O4S. The van der Waals surface area contributed by atoms with Crippen molar-refractivity contribution >= 4 is 15.5 Å². The molecule has 0 amide bonds. The van der Waals surface area contributed by atoms with Crippen molar-refractivity contribution in [2.24, 2.45) is 0 Å². The average molecular weight is 442 g/mol. The van der Waals surface area contributed by atoms with Gasteiger partial charge in [-0.3, -0.25) is 9.20 Å². The molecule has 0 aliphatic heterocycles. The average Bonchev–Trinajstić information content (AvgIpc) is 3.18. The largest absolute Gasteiger partial charge is 0.338 e. The first kappa shape index (κ1) is 20.9. The van der Waals surface area contributed by atoms with Crippen molar-refractivity contribution in [2.45, 2.75) is 31.3 Å². The Bertz CT molecular complexity index is 1410. The molecule has 0 spiro atoms. The fraction of sp³-hybridized carbons (Fsp3) is 0.238. The second kappa shape index (κ2) is 8.03. The molecule has 8 nitrogen and oxygen atoms in total. The summed E-state index contributed by atoms with van der Waals surface area (Å²) in [4.78, 5) is 20.8. The molecular weight excluding hydrogens is 423 g/mol. The number of hydrogen-bond donors (Lipinski definition) is 0. The van der Waals surface area contributed by atoms with Crippen LogP contribution in [0.4, 0.5) is 4.39 Å². The number of pyridine rings is 1. The van der Waals surface area contributed by atoms with E-state index in [4.69, 9.17) is 4.52 Å². The Morgan fingerprint density at radius 1 is 1.13 bits per heavy atom. The molecule has 0 N–H and O–H groups in total. The molecule has 4 rings (SSSR count). The minimum absolute atomic E-state index is 0.0507. The second-order valence-corrected chi connectivity index (χ2v) is 9.64. The zero-order valence-corrected chi connectivity index (χ0v) is 17.6. The van der Waals surface area contributed by atoms with Gasteiger partial charge in [0.05, 0.1) is 11.4 Å². The molecule has 31 heavy (non-hydrogen) atoms. The van der Waals surface area contributed by atoms with Crippen LogP contribution in [0.1, 0.15) is 40.7 Å². The number of sulfone groups is 1. The molecule has 0 aliphatic rings. The topological polar surface area (TPSA) is 107 Å². The molecule has 0 fully saturated rings. The van der Waals surface area contributed by atoms with Gasteiger partial charge in [-0.05, 0) is 43.2 Å². The van der Waals surface area contributed by atoms with Gasteiger partial charge in [0.25, 0.3) is 5.56 Å². The maximum atomic E-state index is 13.0. The van der Waals surface area contributed by atoms with Crippen LogP contribution in [0.25, 0.3) is 5.65 Å². The van der Waals surface area contributed by atoms with Gasteiger partial charge in [0.15, 0.2) is 15.7 Å². The summed E-state index contributed by atoms with van der Waals surface area (Å²) in [5, 5.41) is 2.74. The summed E-state index contributed by atoms with van der Waals surface area (Å²) in [6.07, 6.45) is 1.92. The summed E-state index contributed by atoms with van der Waals surface area (Å²) in [7, 11) is -3.78. The van der Waals surface area contributed by atoms with E-state index < -0.39 is 20.8 Å². The normalized spacial score (nSPS) is 12.9. The lowest BCUT2D eigenvalue weighted by Gasteiger charge is -2.09. The third-order valence-corrected chi connectivity index (χ3v) is 6.83. The molecule has 1 unspecified atom stereocenters. The zero-order valence-electron chi connectivity index (χ0n) is 16.8. The van der Waals surface area contributed by atoms with Crippen LogP contribution < -0.4 is 5.56 Å². The number of halogens is 1. The standard InChI is InChI=1S/C21H19FN4O4S/c1-13-3-8-19-23-17(10-20(27)26(19)11-13)12-31(28,29)14(2)21-24-18(25-30-21)9-15-4-6-16(22)7-5-15/h3-8,10-11,14H,9,12H2,1-2H3. The lowest BCUT2D eigenvalue weighted by atomic mass is 10.1.